The van der Waals surface area contributed by atoms with Crippen LogP contribution in [0, 0.1) is 13.8 Å². The van der Waals surface area contributed by atoms with Crippen LogP contribution in [0.25, 0.3) is 0 Å². The first kappa shape index (κ1) is 13.1. The molecule has 0 atom stereocenters. The average molecular weight is 258 g/mol. The Hall–Kier alpha value is -2.30. The van der Waals surface area contributed by atoms with Crippen LogP contribution in [0.15, 0.2) is 24.3 Å². The lowest BCUT2D eigenvalue weighted by Crippen LogP contribution is -2.26. The van der Waals surface area contributed by atoms with Gasteiger partial charge in [-0.15, -0.1) is 0 Å². The number of hydrogen-bond donors (Lipinski definition) is 2. The van der Waals surface area contributed by atoms with Crippen LogP contribution in [-0.2, 0) is 13.6 Å². The average Bonchev–Trinajstić information content (AvgIpc) is 2.61. The number of aryl methyl sites for hydroxylation is 3. The number of hydrogen-bond acceptors (Lipinski definition) is 3. The van der Waals surface area contributed by atoms with E-state index in [-0.39, 0.29) is 5.91 Å². The number of rotatable bonds is 3. The molecule has 5 heteroatoms. The van der Waals surface area contributed by atoms with Crippen LogP contribution in [0.2, 0.25) is 0 Å². The molecule has 0 fully saturated rings. The fourth-order valence-electron chi connectivity index (χ4n) is 2.03. The van der Waals surface area contributed by atoms with Crippen molar-refractivity contribution >= 4 is 11.6 Å². The maximum Gasteiger partial charge on any atom is 0.271 e. The highest BCUT2D eigenvalue weighted by Crippen LogP contribution is 2.15. The predicted molar refractivity (Wildman–Crippen MR) is 74.7 cm³/mol. The molecule has 1 amide bonds. The second kappa shape index (κ2) is 5.14. The molecule has 0 bridgehead atoms. The van der Waals surface area contributed by atoms with Gasteiger partial charge in [0.1, 0.15) is 5.69 Å². The molecule has 0 aliphatic rings. The van der Waals surface area contributed by atoms with Gasteiger partial charge in [0.25, 0.3) is 5.91 Å². The number of nitrogens with zero attached hydrogens (tertiary/aromatic N) is 2. The van der Waals surface area contributed by atoms with E-state index in [2.05, 4.69) is 10.4 Å². The molecular weight excluding hydrogens is 240 g/mol. The van der Waals surface area contributed by atoms with E-state index in [9.17, 15) is 4.79 Å². The lowest BCUT2D eigenvalue weighted by molar-refractivity contribution is 0.0942. The third kappa shape index (κ3) is 2.76. The van der Waals surface area contributed by atoms with Crippen LogP contribution in [0.3, 0.4) is 0 Å². The Morgan fingerprint density at radius 1 is 1.42 bits per heavy atom. The van der Waals surface area contributed by atoms with Crippen molar-refractivity contribution in [2.45, 2.75) is 20.4 Å². The molecule has 1 heterocycles. The van der Waals surface area contributed by atoms with Gasteiger partial charge in [0.15, 0.2) is 0 Å². The number of amides is 1. The van der Waals surface area contributed by atoms with Gasteiger partial charge >= 0.3 is 0 Å². The first-order valence-corrected chi connectivity index (χ1v) is 6.12. The van der Waals surface area contributed by atoms with Gasteiger partial charge in [-0.1, -0.05) is 29.8 Å². The van der Waals surface area contributed by atoms with Crippen molar-refractivity contribution in [1.82, 2.24) is 15.1 Å². The molecule has 5 nitrogen and oxygen atoms in total. The molecular formula is C14H18N4O. The minimum atomic E-state index is -0.206. The van der Waals surface area contributed by atoms with Gasteiger partial charge in [-0.25, -0.2) is 0 Å². The van der Waals surface area contributed by atoms with Crippen LogP contribution in [0.1, 0.15) is 27.3 Å². The number of carbonyl (C=O) groups is 1. The molecule has 0 saturated carbocycles. The largest absolute Gasteiger partial charge is 0.395 e. The molecule has 0 spiro atoms. The molecule has 3 N–H and O–H groups in total. The summed E-state index contributed by atoms with van der Waals surface area (Å²) in [5.74, 6) is -0.206. The van der Waals surface area contributed by atoms with Gasteiger partial charge in [-0.2, -0.15) is 5.10 Å². The number of nitrogens with one attached hydrogen (secondary N) is 1. The second-order valence-electron chi connectivity index (χ2n) is 4.64. The van der Waals surface area contributed by atoms with Gasteiger partial charge in [-0.3, -0.25) is 9.48 Å². The normalized spacial score (nSPS) is 10.5. The maximum atomic E-state index is 12.1. The standard InChI is InChI=1S/C14H18N4O/c1-9-5-4-6-11(7-9)8-16-14(19)13-12(15)10(2)17-18(13)3/h4-7H,8,15H2,1-3H3,(H,16,19). The summed E-state index contributed by atoms with van der Waals surface area (Å²) in [5, 5.41) is 6.99. The minimum Gasteiger partial charge on any atom is -0.395 e. The number of nitrogens with two attached hydrogens (primary N) is 1. The molecule has 1 aromatic carbocycles. The summed E-state index contributed by atoms with van der Waals surface area (Å²) in [5.41, 5.74) is 9.59. The molecule has 0 radical (unpaired) electrons. The highest BCUT2D eigenvalue weighted by molar-refractivity contribution is 5.97. The van der Waals surface area contributed by atoms with E-state index in [1.165, 1.54) is 10.2 Å². The van der Waals surface area contributed by atoms with Crippen LogP contribution in [0.4, 0.5) is 5.69 Å². The molecule has 2 aromatic rings. The van der Waals surface area contributed by atoms with Crippen molar-refractivity contribution in [1.29, 1.82) is 0 Å². The van der Waals surface area contributed by atoms with Gasteiger partial charge in [0, 0.05) is 13.6 Å². The number of aromatic nitrogens is 2. The fraction of sp³-hybridized carbons (Fsp3) is 0.286. The van der Waals surface area contributed by atoms with E-state index in [0.717, 1.165) is 5.56 Å². The number of benzene rings is 1. The van der Waals surface area contributed by atoms with Crippen molar-refractivity contribution in [3.63, 3.8) is 0 Å². The molecule has 0 aliphatic heterocycles. The van der Waals surface area contributed by atoms with E-state index in [1.807, 2.05) is 31.2 Å². The Kier molecular flexibility index (Phi) is 3.55. The molecule has 19 heavy (non-hydrogen) atoms. The molecule has 2 rings (SSSR count). The molecule has 0 unspecified atom stereocenters. The van der Waals surface area contributed by atoms with E-state index >= 15 is 0 Å². The summed E-state index contributed by atoms with van der Waals surface area (Å²) in [6, 6.07) is 8.01. The summed E-state index contributed by atoms with van der Waals surface area (Å²) in [6.45, 7) is 4.28. The summed E-state index contributed by atoms with van der Waals surface area (Å²) in [6.07, 6.45) is 0. The number of anilines is 1. The Bertz CT molecular complexity index is 616. The fourth-order valence-corrected chi connectivity index (χ4v) is 2.03. The lowest BCUT2D eigenvalue weighted by atomic mass is 10.1. The zero-order valence-electron chi connectivity index (χ0n) is 11.4. The molecule has 0 saturated heterocycles. The number of nitrogen functional groups attached to an aromatic ring is 1. The first-order chi connectivity index (χ1) is 8.99. The zero-order valence-corrected chi connectivity index (χ0v) is 11.4. The third-order valence-corrected chi connectivity index (χ3v) is 3.02. The van der Waals surface area contributed by atoms with Gasteiger partial charge in [0.05, 0.1) is 11.4 Å². The summed E-state index contributed by atoms with van der Waals surface area (Å²) in [4.78, 5) is 12.1. The van der Waals surface area contributed by atoms with E-state index in [4.69, 9.17) is 5.73 Å². The van der Waals surface area contributed by atoms with Crippen molar-refractivity contribution in [2.75, 3.05) is 5.73 Å². The minimum absolute atomic E-state index is 0.206. The monoisotopic (exact) mass is 258 g/mol. The zero-order chi connectivity index (χ0) is 14.0. The Labute approximate surface area is 112 Å². The number of carbonyl (C=O) groups excluding carboxylic acids is 1. The van der Waals surface area contributed by atoms with Crippen LogP contribution in [0.5, 0.6) is 0 Å². The Balaban J connectivity index is 2.10. The Morgan fingerprint density at radius 2 is 2.16 bits per heavy atom. The summed E-state index contributed by atoms with van der Waals surface area (Å²) in [7, 11) is 1.71. The summed E-state index contributed by atoms with van der Waals surface area (Å²) >= 11 is 0. The quantitative estimate of drug-likeness (QED) is 0.877. The van der Waals surface area contributed by atoms with Gasteiger partial charge in [0.2, 0.25) is 0 Å². The summed E-state index contributed by atoms with van der Waals surface area (Å²) < 4.78 is 1.51. The lowest BCUT2D eigenvalue weighted by Gasteiger charge is -2.07. The SMILES string of the molecule is Cc1cccc(CNC(=O)c2c(N)c(C)nn2C)c1. The topological polar surface area (TPSA) is 72.9 Å². The van der Waals surface area contributed by atoms with Crippen molar-refractivity contribution < 1.29 is 4.79 Å². The van der Waals surface area contributed by atoms with Crippen molar-refractivity contribution in [2.24, 2.45) is 7.05 Å². The Morgan fingerprint density at radius 3 is 2.74 bits per heavy atom. The third-order valence-electron chi connectivity index (χ3n) is 3.02. The van der Waals surface area contributed by atoms with Crippen LogP contribution in [-0.4, -0.2) is 15.7 Å². The molecule has 100 valence electrons. The predicted octanol–water partition coefficient (Wildman–Crippen LogP) is 1.55. The van der Waals surface area contributed by atoms with E-state index in [0.29, 0.717) is 23.6 Å². The van der Waals surface area contributed by atoms with Crippen molar-refractivity contribution in [3.8, 4) is 0 Å². The highest BCUT2D eigenvalue weighted by Gasteiger charge is 2.17. The second-order valence-corrected chi connectivity index (χ2v) is 4.64. The van der Waals surface area contributed by atoms with E-state index in [1.54, 1.807) is 14.0 Å². The van der Waals surface area contributed by atoms with Crippen molar-refractivity contribution in [3.05, 3.63) is 46.8 Å². The highest BCUT2D eigenvalue weighted by atomic mass is 16.2. The first-order valence-electron chi connectivity index (χ1n) is 6.12. The maximum absolute atomic E-state index is 12.1. The van der Waals surface area contributed by atoms with Crippen LogP contribution < -0.4 is 11.1 Å². The van der Waals surface area contributed by atoms with Gasteiger partial charge < -0.3 is 11.1 Å². The smallest absolute Gasteiger partial charge is 0.271 e. The molecule has 0 aliphatic carbocycles. The van der Waals surface area contributed by atoms with E-state index < -0.39 is 0 Å². The van der Waals surface area contributed by atoms with Crippen LogP contribution >= 0.6 is 0 Å². The van der Waals surface area contributed by atoms with Gasteiger partial charge in [-0.05, 0) is 19.4 Å². The molecule has 1 aromatic heterocycles.